The van der Waals surface area contributed by atoms with Crippen molar-refractivity contribution in [2.75, 3.05) is 18.5 Å². The van der Waals surface area contributed by atoms with E-state index in [4.69, 9.17) is 11.6 Å². The van der Waals surface area contributed by atoms with Crippen LogP contribution in [0.4, 0.5) is 10.5 Å². The number of nitrogens with one attached hydrogen (secondary N) is 2. The Morgan fingerprint density at radius 2 is 2.11 bits per heavy atom. The van der Waals surface area contributed by atoms with Crippen LogP contribution in [0.3, 0.4) is 0 Å². The molecule has 0 bridgehead atoms. The Morgan fingerprint density at radius 1 is 1.42 bits per heavy atom. The van der Waals surface area contributed by atoms with E-state index < -0.39 is 12.0 Å². The third kappa shape index (κ3) is 5.08. The van der Waals surface area contributed by atoms with E-state index in [-0.39, 0.29) is 13.2 Å². The second kappa shape index (κ2) is 7.35. The predicted octanol–water partition coefficient (Wildman–Crippen LogP) is 3.10. The molecule has 0 radical (unpaired) electrons. The highest BCUT2D eigenvalue weighted by molar-refractivity contribution is 9.10. The number of carbonyl (C=O) groups is 2. The van der Waals surface area contributed by atoms with Crippen LogP contribution >= 0.6 is 27.5 Å². The van der Waals surface area contributed by atoms with Crippen LogP contribution in [0, 0.1) is 6.92 Å². The van der Waals surface area contributed by atoms with Crippen molar-refractivity contribution in [1.29, 1.82) is 0 Å². The predicted molar refractivity (Wildman–Crippen MR) is 77.5 cm³/mol. The van der Waals surface area contributed by atoms with Crippen molar-refractivity contribution in [3.63, 3.8) is 0 Å². The van der Waals surface area contributed by atoms with Crippen LogP contribution in [0.15, 0.2) is 16.6 Å². The lowest BCUT2D eigenvalue weighted by atomic mass is 10.2. The summed E-state index contributed by atoms with van der Waals surface area (Å²) in [5, 5.41) is 5.52. The second-order valence-corrected chi connectivity index (χ2v) is 4.96. The molecule has 0 saturated carbocycles. The van der Waals surface area contributed by atoms with Crippen LogP contribution in [0.1, 0.15) is 12.5 Å². The lowest BCUT2D eigenvalue weighted by Crippen LogP contribution is -2.34. The van der Waals surface area contributed by atoms with Crippen LogP contribution < -0.4 is 10.6 Å². The second-order valence-electron chi connectivity index (χ2n) is 3.69. The molecule has 0 saturated heterocycles. The number of benzene rings is 1. The highest BCUT2D eigenvalue weighted by atomic mass is 79.9. The first-order valence-corrected chi connectivity index (χ1v) is 6.77. The van der Waals surface area contributed by atoms with Gasteiger partial charge in [-0.1, -0.05) is 11.6 Å². The van der Waals surface area contributed by atoms with Crippen molar-refractivity contribution < 1.29 is 14.3 Å². The first kappa shape index (κ1) is 15.8. The van der Waals surface area contributed by atoms with Crippen molar-refractivity contribution in [2.45, 2.75) is 13.8 Å². The van der Waals surface area contributed by atoms with Crippen molar-refractivity contribution in [3.8, 4) is 0 Å². The molecule has 5 nitrogen and oxygen atoms in total. The number of esters is 1. The maximum Gasteiger partial charge on any atom is 0.325 e. The Hall–Kier alpha value is -1.27. The molecule has 0 aliphatic rings. The number of aryl methyl sites for hydroxylation is 1. The van der Waals surface area contributed by atoms with Gasteiger partial charge in [-0.3, -0.25) is 4.79 Å². The summed E-state index contributed by atoms with van der Waals surface area (Å²) in [6.45, 7) is 3.65. The summed E-state index contributed by atoms with van der Waals surface area (Å²) in [7, 11) is 0. The lowest BCUT2D eigenvalue weighted by Gasteiger charge is -2.10. The number of halogens is 2. The van der Waals surface area contributed by atoms with Crippen LogP contribution in [0.2, 0.25) is 5.02 Å². The van der Waals surface area contributed by atoms with E-state index in [2.05, 4.69) is 31.3 Å². The highest BCUT2D eigenvalue weighted by Crippen LogP contribution is 2.28. The Bertz CT molecular complexity index is 494. The highest BCUT2D eigenvalue weighted by Gasteiger charge is 2.09. The molecule has 2 amide bonds. The fraction of sp³-hybridized carbons (Fsp3) is 0.333. The van der Waals surface area contributed by atoms with E-state index >= 15 is 0 Å². The standard InChI is InChI=1S/C12H14BrClN2O3/c1-3-19-11(17)6-15-12(18)16-10-5-9(14)7(2)4-8(10)13/h4-5H,3,6H2,1-2H3,(H2,15,16,18). The quantitative estimate of drug-likeness (QED) is 0.821. The zero-order valence-electron chi connectivity index (χ0n) is 10.5. The van der Waals surface area contributed by atoms with E-state index in [1.807, 2.05) is 6.92 Å². The summed E-state index contributed by atoms with van der Waals surface area (Å²) in [6.07, 6.45) is 0. The number of urea groups is 1. The number of hydrogen-bond acceptors (Lipinski definition) is 3. The normalized spacial score (nSPS) is 9.89. The van der Waals surface area contributed by atoms with Gasteiger partial charge in [0.2, 0.25) is 0 Å². The number of anilines is 1. The van der Waals surface area contributed by atoms with Crippen molar-refractivity contribution >= 4 is 45.2 Å². The summed E-state index contributed by atoms with van der Waals surface area (Å²) >= 11 is 9.29. The summed E-state index contributed by atoms with van der Waals surface area (Å²) < 4.78 is 5.40. The first-order chi connectivity index (χ1) is 8.93. The number of ether oxygens (including phenoxy) is 1. The Morgan fingerprint density at radius 3 is 2.74 bits per heavy atom. The van der Waals surface area contributed by atoms with Gasteiger partial charge in [0.25, 0.3) is 0 Å². The van der Waals surface area contributed by atoms with E-state index in [0.29, 0.717) is 15.2 Å². The average Bonchev–Trinajstić information content (AvgIpc) is 2.34. The molecule has 0 fully saturated rings. The van der Waals surface area contributed by atoms with Gasteiger partial charge in [0.1, 0.15) is 6.54 Å². The number of amides is 2. The van der Waals surface area contributed by atoms with Gasteiger partial charge in [0.15, 0.2) is 0 Å². The zero-order valence-corrected chi connectivity index (χ0v) is 12.9. The molecule has 0 unspecified atom stereocenters. The zero-order chi connectivity index (χ0) is 14.4. The van der Waals surface area contributed by atoms with Crippen molar-refractivity contribution in [1.82, 2.24) is 5.32 Å². The Labute approximate surface area is 124 Å². The number of hydrogen-bond donors (Lipinski definition) is 2. The van der Waals surface area contributed by atoms with E-state index in [1.165, 1.54) is 0 Å². The molecule has 0 aliphatic heterocycles. The third-order valence-corrected chi connectivity index (χ3v) is 3.26. The van der Waals surface area contributed by atoms with E-state index in [9.17, 15) is 9.59 Å². The summed E-state index contributed by atoms with van der Waals surface area (Å²) in [5.74, 6) is -0.487. The topological polar surface area (TPSA) is 67.4 Å². The Balaban J connectivity index is 2.58. The van der Waals surface area contributed by atoms with Gasteiger partial charge >= 0.3 is 12.0 Å². The number of carbonyl (C=O) groups excluding carboxylic acids is 2. The fourth-order valence-electron chi connectivity index (χ4n) is 1.27. The average molecular weight is 350 g/mol. The summed E-state index contributed by atoms with van der Waals surface area (Å²) in [5.41, 5.74) is 1.42. The van der Waals surface area contributed by atoms with Crippen LogP contribution in [-0.2, 0) is 9.53 Å². The van der Waals surface area contributed by atoms with Crippen molar-refractivity contribution in [3.05, 3.63) is 27.2 Å². The fourth-order valence-corrected chi connectivity index (χ4v) is 1.99. The summed E-state index contributed by atoms with van der Waals surface area (Å²) in [4.78, 5) is 22.6. The summed E-state index contributed by atoms with van der Waals surface area (Å²) in [6, 6.07) is 2.92. The molecule has 19 heavy (non-hydrogen) atoms. The van der Waals surface area contributed by atoms with Crippen LogP contribution in [0.25, 0.3) is 0 Å². The molecule has 0 spiro atoms. The number of rotatable bonds is 4. The molecule has 0 heterocycles. The SMILES string of the molecule is CCOC(=O)CNC(=O)Nc1cc(Cl)c(C)cc1Br. The molecule has 1 aromatic rings. The molecular formula is C12H14BrClN2O3. The van der Waals surface area contributed by atoms with Gasteiger partial charge < -0.3 is 15.4 Å². The molecule has 7 heteroatoms. The minimum atomic E-state index is -0.506. The van der Waals surface area contributed by atoms with Gasteiger partial charge in [-0.15, -0.1) is 0 Å². The molecule has 1 rings (SSSR count). The largest absolute Gasteiger partial charge is 0.465 e. The maximum atomic E-state index is 11.6. The minimum absolute atomic E-state index is 0.184. The van der Waals surface area contributed by atoms with Gasteiger partial charge in [-0.25, -0.2) is 4.79 Å². The van der Waals surface area contributed by atoms with Crippen molar-refractivity contribution in [2.24, 2.45) is 0 Å². The smallest absolute Gasteiger partial charge is 0.325 e. The molecule has 0 aromatic heterocycles. The Kier molecular flexibility index (Phi) is 6.11. The van der Waals surface area contributed by atoms with Crippen LogP contribution in [0.5, 0.6) is 0 Å². The van der Waals surface area contributed by atoms with Gasteiger partial charge in [-0.2, -0.15) is 0 Å². The van der Waals surface area contributed by atoms with Gasteiger partial charge in [0, 0.05) is 9.50 Å². The van der Waals surface area contributed by atoms with E-state index in [0.717, 1.165) is 5.56 Å². The monoisotopic (exact) mass is 348 g/mol. The molecule has 1 aromatic carbocycles. The molecule has 0 aliphatic carbocycles. The van der Waals surface area contributed by atoms with E-state index in [1.54, 1.807) is 19.1 Å². The molecular weight excluding hydrogens is 335 g/mol. The van der Waals surface area contributed by atoms with Crippen LogP contribution in [-0.4, -0.2) is 25.2 Å². The first-order valence-electron chi connectivity index (χ1n) is 5.60. The third-order valence-electron chi connectivity index (χ3n) is 2.20. The molecule has 0 atom stereocenters. The molecule has 2 N–H and O–H groups in total. The van der Waals surface area contributed by atoms with Gasteiger partial charge in [0.05, 0.1) is 12.3 Å². The van der Waals surface area contributed by atoms with Gasteiger partial charge in [-0.05, 0) is 47.5 Å². The molecule has 104 valence electrons. The maximum absolute atomic E-state index is 11.6. The lowest BCUT2D eigenvalue weighted by molar-refractivity contribution is -0.141. The minimum Gasteiger partial charge on any atom is -0.465 e.